The van der Waals surface area contributed by atoms with Crippen LogP contribution in [0.15, 0.2) is 77.7 Å². The Hall–Kier alpha value is -3.16. The first-order valence-corrected chi connectivity index (χ1v) is 10.8. The number of rotatable bonds is 4. The number of hydrogen-bond donors (Lipinski definition) is 3. The summed E-state index contributed by atoms with van der Waals surface area (Å²) in [5, 5.41) is 6.05. The van der Waals surface area contributed by atoms with Gasteiger partial charge in [0.25, 0.3) is 5.91 Å². The van der Waals surface area contributed by atoms with Crippen molar-refractivity contribution in [1.82, 2.24) is 4.72 Å². The summed E-state index contributed by atoms with van der Waals surface area (Å²) in [6.45, 7) is 2.08. The topological polar surface area (TPSA) is 87.3 Å². The van der Waals surface area contributed by atoms with Crippen molar-refractivity contribution in [2.75, 3.05) is 10.6 Å². The van der Waals surface area contributed by atoms with Crippen molar-refractivity contribution in [3.63, 3.8) is 0 Å². The molecule has 1 heterocycles. The number of sulfonamides is 1. The molecule has 148 valence electrons. The van der Waals surface area contributed by atoms with Crippen molar-refractivity contribution in [1.29, 1.82) is 0 Å². The number of carbonyl (C=O) groups is 1. The molecule has 0 saturated carbocycles. The molecule has 0 spiro atoms. The monoisotopic (exact) mass is 407 g/mol. The molecule has 1 aliphatic heterocycles. The Bertz CT molecular complexity index is 1140. The van der Waals surface area contributed by atoms with Crippen LogP contribution in [0, 0.1) is 0 Å². The number of anilines is 2. The van der Waals surface area contributed by atoms with Crippen LogP contribution in [0.1, 0.15) is 34.6 Å². The number of benzene rings is 3. The molecule has 29 heavy (non-hydrogen) atoms. The van der Waals surface area contributed by atoms with Crippen LogP contribution in [0.3, 0.4) is 0 Å². The number of carbonyl (C=O) groups excluding carboxylic acids is 1. The Morgan fingerprint density at radius 1 is 0.966 bits per heavy atom. The van der Waals surface area contributed by atoms with Crippen molar-refractivity contribution in [3.05, 3.63) is 89.5 Å². The average molecular weight is 407 g/mol. The molecule has 4 rings (SSSR count). The van der Waals surface area contributed by atoms with Gasteiger partial charge in [0, 0.05) is 11.3 Å². The van der Waals surface area contributed by atoms with E-state index < -0.39 is 16.2 Å². The van der Waals surface area contributed by atoms with Crippen LogP contribution in [-0.2, 0) is 16.4 Å². The van der Waals surface area contributed by atoms with E-state index in [-0.39, 0.29) is 10.8 Å². The van der Waals surface area contributed by atoms with E-state index in [9.17, 15) is 13.2 Å². The third-order valence-corrected chi connectivity index (χ3v) is 6.36. The lowest BCUT2D eigenvalue weighted by molar-refractivity contribution is 0.102. The Morgan fingerprint density at radius 2 is 1.66 bits per heavy atom. The van der Waals surface area contributed by atoms with Gasteiger partial charge < -0.3 is 10.6 Å². The summed E-state index contributed by atoms with van der Waals surface area (Å²) in [7, 11) is -3.60. The van der Waals surface area contributed by atoms with E-state index in [1.807, 2.05) is 24.3 Å². The van der Waals surface area contributed by atoms with Crippen LogP contribution in [0.2, 0.25) is 0 Å². The minimum Gasteiger partial charge on any atom is -0.364 e. The number of nitrogens with one attached hydrogen (secondary N) is 3. The Kier molecular flexibility index (Phi) is 5.08. The first-order chi connectivity index (χ1) is 14.0. The van der Waals surface area contributed by atoms with Gasteiger partial charge in [0.1, 0.15) is 11.1 Å². The van der Waals surface area contributed by atoms with Crippen LogP contribution >= 0.6 is 0 Å². The van der Waals surface area contributed by atoms with Crippen LogP contribution < -0.4 is 15.4 Å². The van der Waals surface area contributed by atoms with Crippen molar-refractivity contribution in [3.8, 4) is 0 Å². The van der Waals surface area contributed by atoms with Gasteiger partial charge in [-0.25, -0.2) is 8.42 Å². The third-order valence-electron chi connectivity index (χ3n) is 4.88. The van der Waals surface area contributed by atoms with Gasteiger partial charge in [-0.2, -0.15) is 4.72 Å². The number of para-hydroxylation sites is 1. The standard InChI is InChI=1S/C22H21N3O3S/c1-2-15-7-13-18(14-8-15)23-22(26)17-11-9-16(10-12-17)21-24-19-5-3-4-6-20(19)29(27,28)25-21/h3-14,21,24-25H,2H2,1H3,(H,23,26)/t21-/m1/s1. The summed E-state index contributed by atoms with van der Waals surface area (Å²) in [6, 6.07) is 21.3. The molecule has 0 unspecified atom stereocenters. The fraction of sp³-hybridized carbons (Fsp3) is 0.136. The maximum Gasteiger partial charge on any atom is 0.255 e. The lowest BCUT2D eigenvalue weighted by Gasteiger charge is -2.28. The highest BCUT2D eigenvalue weighted by Gasteiger charge is 2.29. The molecule has 3 aromatic rings. The highest BCUT2D eigenvalue weighted by Crippen LogP contribution is 2.30. The summed E-state index contributed by atoms with van der Waals surface area (Å²) in [5.74, 6) is -0.219. The fourth-order valence-electron chi connectivity index (χ4n) is 3.23. The first-order valence-electron chi connectivity index (χ1n) is 9.34. The van der Waals surface area contributed by atoms with E-state index in [0.29, 0.717) is 16.8 Å². The molecule has 7 heteroatoms. The number of aryl methyl sites for hydroxylation is 1. The molecule has 6 nitrogen and oxygen atoms in total. The van der Waals surface area contributed by atoms with Crippen LogP contribution in [0.5, 0.6) is 0 Å². The second-order valence-electron chi connectivity index (χ2n) is 6.82. The van der Waals surface area contributed by atoms with Crippen LogP contribution in [0.4, 0.5) is 11.4 Å². The Morgan fingerprint density at radius 3 is 2.34 bits per heavy atom. The van der Waals surface area contributed by atoms with Crippen molar-refractivity contribution >= 4 is 27.3 Å². The highest BCUT2D eigenvalue weighted by atomic mass is 32.2. The van der Waals surface area contributed by atoms with E-state index in [4.69, 9.17) is 0 Å². The maximum atomic E-state index is 12.5. The molecule has 0 fully saturated rings. The molecule has 0 saturated heterocycles. The van der Waals surface area contributed by atoms with Gasteiger partial charge in [-0.15, -0.1) is 0 Å². The minimum atomic E-state index is -3.60. The first kappa shape index (κ1) is 19.2. The number of fused-ring (bicyclic) bond motifs is 1. The largest absolute Gasteiger partial charge is 0.364 e. The normalized spacial score (nSPS) is 17.1. The number of hydrogen-bond acceptors (Lipinski definition) is 4. The van der Waals surface area contributed by atoms with Gasteiger partial charge in [-0.3, -0.25) is 4.79 Å². The predicted molar refractivity (Wildman–Crippen MR) is 113 cm³/mol. The predicted octanol–water partition coefficient (Wildman–Crippen LogP) is 3.90. The molecule has 1 aliphatic rings. The summed E-state index contributed by atoms with van der Waals surface area (Å²) >= 11 is 0. The van der Waals surface area contributed by atoms with E-state index in [0.717, 1.165) is 12.1 Å². The Balaban J connectivity index is 1.50. The van der Waals surface area contributed by atoms with E-state index in [2.05, 4.69) is 22.3 Å². The lowest BCUT2D eigenvalue weighted by atomic mass is 10.1. The number of amides is 1. The summed E-state index contributed by atoms with van der Waals surface area (Å²) < 4.78 is 27.6. The van der Waals surface area contributed by atoms with Crippen LogP contribution in [-0.4, -0.2) is 14.3 Å². The maximum absolute atomic E-state index is 12.5. The van der Waals surface area contributed by atoms with E-state index in [1.54, 1.807) is 48.5 Å². The zero-order valence-electron chi connectivity index (χ0n) is 15.8. The van der Waals surface area contributed by atoms with E-state index >= 15 is 0 Å². The zero-order valence-corrected chi connectivity index (χ0v) is 16.7. The van der Waals surface area contributed by atoms with E-state index in [1.165, 1.54) is 5.56 Å². The van der Waals surface area contributed by atoms with Gasteiger partial charge in [0.05, 0.1) is 5.69 Å². The van der Waals surface area contributed by atoms with Gasteiger partial charge in [-0.05, 0) is 53.9 Å². The molecule has 0 aromatic heterocycles. The van der Waals surface area contributed by atoms with Gasteiger partial charge in [-0.1, -0.05) is 43.3 Å². The van der Waals surface area contributed by atoms with Crippen LogP contribution in [0.25, 0.3) is 0 Å². The van der Waals surface area contributed by atoms with Crippen molar-refractivity contribution in [2.45, 2.75) is 24.4 Å². The van der Waals surface area contributed by atoms with Crippen molar-refractivity contribution in [2.24, 2.45) is 0 Å². The second kappa shape index (κ2) is 7.69. The molecule has 3 N–H and O–H groups in total. The van der Waals surface area contributed by atoms with Gasteiger partial charge in [0.2, 0.25) is 10.0 Å². The van der Waals surface area contributed by atoms with Crippen molar-refractivity contribution < 1.29 is 13.2 Å². The van der Waals surface area contributed by atoms with Gasteiger partial charge >= 0.3 is 0 Å². The fourth-order valence-corrected chi connectivity index (χ4v) is 4.54. The highest BCUT2D eigenvalue weighted by molar-refractivity contribution is 7.89. The summed E-state index contributed by atoms with van der Waals surface area (Å²) in [4.78, 5) is 12.7. The SMILES string of the molecule is CCc1ccc(NC(=O)c2ccc([C@@H]3Nc4ccccc4S(=O)(=O)N3)cc2)cc1. The lowest BCUT2D eigenvalue weighted by Crippen LogP contribution is -2.38. The molecule has 3 aromatic carbocycles. The molecular formula is C22H21N3O3S. The zero-order chi connectivity index (χ0) is 20.4. The summed E-state index contributed by atoms with van der Waals surface area (Å²) in [6.07, 6.45) is 0.340. The van der Waals surface area contributed by atoms with Gasteiger partial charge in [0.15, 0.2) is 0 Å². The second-order valence-corrected chi connectivity index (χ2v) is 8.50. The molecule has 1 amide bonds. The smallest absolute Gasteiger partial charge is 0.255 e. The quantitative estimate of drug-likeness (QED) is 0.612. The molecular weight excluding hydrogens is 386 g/mol. The molecule has 1 atom stereocenters. The Labute approximate surface area is 170 Å². The minimum absolute atomic E-state index is 0.219. The molecule has 0 bridgehead atoms. The molecule has 0 aliphatic carbocycles. The molecule has 0 radical (unpaired) electrons. The summed E-state index contributed by atoms with van der Waals surface area (Å²) in [5.41, 5.74) is 3.69. The third kappa shape index (κ3) is 4.01. The average Bonchev–Trinajstić information content (AvgIpc) is 2.74.